The molecule has 0 atom stereocenters. The third-order valence-electron chi connectivity index (χ3n) is 6.99. The molecule has 186 valence electrons. The maximum Gasteiger partial charge on any atom is 0.258 e. The second-order valence-electron chi connectivity index (χ2n) is 9.58. The van der Waals surface area contributed by atoms with Gasteiger partial charge in [0.05, 0.1) is 23.9 Å². The molecule has 4 heterocycles. The van der Waals surface area contributed by atoms with Gasteiger partial charge in [-0.15, -0.1) is 0 Å². The van der Waals surface area contributed by atoms with E-state index in [-0.39, 0.29) is 17.1 Å². The summed E-state index contributed by atoms with van der Waals surface area (Å²) in [7, 11) is 1.36. The highest BCUT2D eigenvalue weighted by Gasteiger charge is 2.28. The Hall–Kier alpha value is -3.79. The highest BCUT2D eigenvalue weighted by atomic mass is 19.1. The highest BCUT2D eigenvalue weighted by Crippen LogP contribution is 2.33. The average Bonchev–Trinajstić information content (AvgIpc) is 3.62. The Morgan fingerprint density at radius 3 is 2.67 bits per heavy atom. The maximum absolute atomic E-state index is 15.0. The third-order valence-corrected chi connectivity index (χ3v) is 6.99. The Kier molecular flexibility index (Phi) is 5.67. The molecule has 36 heavy (non-hydrogen) atoms. The number of aryl methyl sites for hydroxylation is 1. The van der Waals surface area contributed by atoms with Gasteiger partial charge in [0.2, 0.25) is 5.82 Å². The van der Waals surface area contributed by atoms with Gasteiger partial charge in [0.15, 0.2) is 11.4 Å². The molecular formula is C26H28FN7O2. The number of amides is 1. The number of hydrogen-bond donors (Lipinski definition) is 2. The van der Waals surface area contributed by atoms with Gasteiger partial charge in [-0.3, -0.25) is 4.79 Å². The summed E-state index contributed by atoms with van der Waals surface area (Å²) in [5, 5.41) is 7.35. The summed E-state index contributed by atoms with van der Waals surface area (Å²) in [6.45, 7) is 3.64. The van der Waals surface area contributed by atoms with Gasteiger partial charge in [0.25, 0.3) is 5.91 Å². The number of pyridine rings is 1. The van der Waals surface area contributed by atoms with Gasteiger partial charge < -0.3 is 24.7 Å². The van der Waals surface area contributed by atoms with Gasteiger partial charge in [0, 0.05) is 54.8 Å². The summed E-state index contributed by atoms with van der Waals surface area (Å²) >= 11 is 0. The lowest BCUT2D eigenvalue weighted by Crippen LogP contribution is -2.43. The largest absolute Gasteiger partial charge is 0.491 e. The van der Waals surface area contributed by atoms with Crippen molar-refractivity contribution in [2.45, 2.75) is 44.7 Å². The molecule has 1 aliphatic carbocycles. The first-order chi connectivity index (χ1) is 17.5. The first-order valence-electron chi connectivity index (χ1n) is 12.3. The molecule has 0 spiro atoms. The molecule has 10 heteroatoms. The smallest absolute Gasteiger partial charge is 0.258 e. The van der Waals surface area contributed by atoms with E-state index in [4.69, 9.17) is 4.74 Å². The molecule has 6 rings (SSSR count). The van der Waals surface area contributed by atoms with Crippen molar-refractivity contribution in [1.29, 1.82) is 0 Å². The Morgan fingerprint density at radius 2 is 1.92 bits per heavy atom. The lowest BCUT2D eigenvalue weighted by Gasteiger charge is -2.34. The molecule has 9 nitrogen and oxygen atoms in total. The van der Waals surface area contributed by atoms with Crippen LogP contribution in [-0.2, 0) is 0 Å². The van der Waals surface area contributed by atoms with Crippen molar-refractivity contribution in [2.75, 3.05) is 30.4 Å². The van der Waals surface area contributed by atoms with E-state index in [0.717, 1.165) is 37.0 Å². The highest BCUT2D eigenvalue weighted by molar-refractivity contribution is 6.14. The molecule has 2 aliphatic rings. The predicted octanol–water partition coefficient (Wildman–Crippen LogP) is 3.71. The normalized spacial score (nSPS) is 16.6. The summed E-state index contributed by atoms with van der Waals surface area (Å²) in [6, 6.07) is 5.00. The van der Waals surface area contributed by atoms with E-state index in [0.29, 0.717) is 28.9 Å². The zero-order valence-corrected chi connectivity index (χ0v) is 20.3. The molecule has 1 aromatic carbocycles. The topological polar surface area (TPSA) is 96.7 Å². The quantitative estimate of drug-likeness (QED) is 0.426. The number of aromatic nitrogens is 4. The molecule has 1 aliphatic heterocycles. The Morgan fingerprint density at radius 1 is 1.14 bits per heavy atom. The zero-order chi connectivity index (χ0) is 24.8. The minimum absolute atomic E-state index is 0.0697. The fraction of sp³-hybridized carbons (Fsp3) is 0.385. The van der Waals surface area contributed by atoms with Crippen LogP contribution >= 0.6 is 0 Å². The van der Waals surface area contributed by atoms with E-state index < -0.39 is 11.7 Å². The van der Waals surface area contributed by atoms with E-state index in [1.807, 2.05) is 6.07 Å². The van der Waals surface area contributed by atoms with Crippen molar-refractivity contribution >= 4 is 33.8 Å². The van der Waals surface area contributed by atoms with Gasteiger partial charge in [-0.05, 0) is 44.7 Å². The van der Waals surface area contributed by atoms with E-state index in [2.05, 4.69) is 30.5 Å². The van der Waals surface area contributed by atoms with Crippen LogP contribution in [0.5, 0.6) is 5.75 Å². The van der Waals surface area contributed by atoms with Crippen molar-refractivity contribution in [2.24, 2.45) is 0 Å². The van der Waals surface area contributed by atoms with Crippen LogP contribution in [0.1, 0.15) is 41.7 Å². The van der Waals surface area contributed by atoms with Crippen molar-refractivity contribution in [3.63, 3.8) is 0 Å². The lowest BCUT2D eigenvalue weighted by molar-refractivity contribution is 0.102. The fourth-order valence-corrected chi connectivity index (χ4v) is 5.06. The number of carbonyl (C=O) groups excluding carboxylic acids is 1. The van der Waals surface area contributed by atoms with Crippen LogP contribution in [0, 0.1) is 12.7 Å². The number of carbonyl (C=O) groups is 1. The summed E-state index contributed by atoms with van der Waals surface area (Å²) in [5.74, 6) is -1.11. The predicted molar refractivity (Wildman–Crippen MR) is 135 cm³/mol. The number of fused-ring (bicyclic) bond motifs is 2. The molecule has 2 fully saturated rings. The maximum atomic E-state index is 15.0. The van der Waals surface area contributed by atoms with Gasteiger partial charge in [-0.1, -0.05) is 0 Å². The number of hydrogen-bond acceptors (Lipinski definition) is 7. The number of benzene rings is 1. The van der Waals surface area contributed by atoms with Gasteiger partial charge >= 0.3 is 0 Å². The van der Waals surface area contributed by atoms with Gasteiger partial charge in [-0.2, -0.15) is 4.39 Å². The first-order valence-corrected chi connectivity index (χ1v) is 12.3. The van der Waals surface area contributed by atoms with Crippen LogP contribution < -0.4 is 20.3 Å². The number of halogens is 1. The summed E-state index contributed by atoms with van der Waals surface area (Å²) in [6.07, 6.45) is 11.2. The van der Waals surface area contributed by atoms with E-state index >= 15 is 4.39 Å². The van der Waals surface area contributed by atoms with Crippen LogP contribution in [0.3, 0.4) is 0 Å². The summed E-state index contributed by atoms with van der Waals surface area (Å²) in [5.41, 5.74) is 2.96. The molecular weight excluding hydrogens is 461 g/mol. The van der Waals surface area contributed by atoms with E-state index in [1.165, 1.54) is 30.7 Å². The van der Waals surface area contributed by atoms with Gasteiger partial charge in [-0.25, -0.2) is 15.0 Å². The lowest BCUT2D eigenvalue weighted by atomic mass is 10.0. The van der Waals surface area contributed by atoms with Crippen molar-refractivity contribution in [1.82, 2.24) is 24.7 Å². The van der Waals surface area contributed by atoms with Crippen LogP contribution in [0.2, 0.25) is 0 Å². The Balaban J connectivity index is 1.29. The molecule has 1 saturated heterocycles. The van der Waals surface area contributed by atoms with Crippen molar-refractivity contribution in [3.8, 4) is 5.75 Å². The monoisotopic (exact) mass is 489 g/mol. The molecule has 4 aromatic rings. The Labute approximate surface area is 207 Å². The van der Waals surface area contributed by atoms with Crippen LogP contribution in [-0.4, -0.2) is 57.5 Å². The van der Waals surface area contributed by atoms with E-state index in [9.17, 15) is 4.79 Å². The number of piperidine rings is 1. The molecule has 0 radical (unpaired) electrons. The second-order valence-corrected chi connectivity index (χ2v) is 9.58. The van der Waals surface area contributed by atoms with Crippen LogP contribution in [0.15, 0.2) is 37.1 Å². The van der Waals surface area contributed by atoms with Crippen molar-refractivity contribution < 1.29 is 13.9 Å². The zero-order valence-electron chi connectivity index (χ0n) is 20.3. The number of rotatable bonds is 6. The molecule has 0 unspecified atom stereocenters. The summed E-state index contributed by atoms with van der Waals surface area (Å²) < 4.78 is 21.8. The molecule has 2 N–H and O–H groups in total. The number of ether oxygens (including phenoxy) is 1. The number of imidazole rings is 1. The molecule has 3 aromatic heterocycles. The standard InChI is InChI=1S/C26H28FN7O2/c1-15-12-34-13-20(24(36-2)22(27)25(34)30-15)32-26(35)18-5-6-21(19-11-28-14-29-23(18)19)33-9-7-17(8-10-33)31-16-3-4-16/h5-6,11-14,16-17,31H,3-4,7-10H2,1-2H3,(H,32,35). The molecule has 1 amide bonds. The number of nitrogens with one attached hydrogen (secondary N) is 2. The van der Waals surface area contributed by atoms with Gasteiger partial charge in [0.1, 0.15) is 12.0 Å². The minimum Gasteiger partial charge on any atom is -0.491 e. The molecule has 1 saturated carbocycles. The first kappa shape index (κ1) is 22.7. The fourth-order valence-electron chi connectivity index (χ4n) is 5.06. The van der Waals surface area contributed by atoms with E-state index in [1.54, 1.807) is 31.6 Å². The number of anilines is 2. The summed E-state index contributed by atoms with van der Waals surface area (Å²) in [4.78, 5) is 28.6. The number of nitrogens with zero attached hydrogens (tertiary/aromatic N) is 5. The minimum atomic E-state index is -0.634. The van der Waals surface area contributed by atoms with Crippen LogP contribution in [0.4, 0.5) is 15.8 Å². The SMILES string of the molecule is COc1c(NC(=O)c2ccc(N3CCC(NC4CC4)CC3)c3cncnc23)cn2cc(C)nc2c1F. The van der Waals surface area contributed by atoms with Crippen molar-refractivity contribution in [3.05, 3.63) is 54.1 Å². The Bertz CT molecular complexity index is 1460. The third kappa shape index (κ3) is 4.11. The van der Waals surface area contributed by atoms with Crippen LogP contribution in [0.25, 0.3) is 16.6 Å². The average molecular weight is 490 g/mol. The second kappa shape index (κ2) is 9.02. The number of methoxy groups -OCH3 is 1. The molecule has 0 bridgehead atoms.